The molecule has 7 heteroatoms. The molecule has 0 aliphatic heterocycles. The van der Waals surface area contributed by atoms with E-state index in [4.69, 9.17) is 8.94 Å². The van der Waals surface area contributed by atoms with E-state index < -0.39 is 0 Å². The molecule has 2 aromatic heterocycles. The van der Waals surface area contributed by atoms with E-state index >= 15 is 0 Å². The highest BCUT2D eigenvalue weighted by atomic mass is 16.5. The quantitative estimate of drug-likeness (QED) is 0.393. The monoisotopic (exact) mass is 442 g/mol. The first-order valence-corrected chi connectivity index (χ1v) is 11.2. The molecule has 1 saturated carbocycles. The maximum Gasteiger partial charge on any atom is 0.251 e. The summed E-state index contributed by atoms with van der Waals surface area (Å²) in [6.07, 6.45) is 4.46. The Morgan fingerprint density at radius 2 is 1.76 bits per heavy atom. The average Bonchev–Trinajstić information content (AvgIpc) is 3.29. The zero-order valence-electron chi connectivity index (χ0n) is 18.3. The minimum Gasteiger partial charge on any atom is -0.468 e. The Bertz CT molecular complexity index is 1170. The van der Waals surface area contributed by atoms with Gasteiger partial charge in [0.15, 0.2) is 5.82 Å². The lowest BCUT2D eigenvalue weighted by atomic mass is 10.1. The summed E-state index contributed by atoms with van der Waals surface area (Å²) in [7, 11) is 0. The first-order valence-electron chi connectivity index (χ1n) is 11.2. The second-order valence-electron chi connectivity index (χ2n) is 8.44. The topological polar surface area (TPSA) is 84.4 Å². The number of amides is 1. The van der Waals surface area contributed by atoms with Crippen LogP contribution < -0.4 is 5.32 Å². The zero-order valence-corrected chi connectivity index (χ0v) is 18.3. The molecular formula is C26H26N4O3. The molecule has 0 bridgehead atoms. The van der Waals surface area contributed by atoms with Gasteiger partial charge in [-0.15, -0.1) is 0 Å². The van der Waals surface area contributed by atoms with Crippen LogP contribution in [0.2, 0.25) is 0 Å². The molecule has 5 rings (SSSR count). The highest BCUT2D eigenvalue weighted by Gasteiger charge is 2.23. The van der Waals surface area contributed by atoms with Gasteiger partial charge in [0.2, 0.25) is 5.89 Å². The standard InChI is InChI=1S/C26H26N4O3/c31-26(27-22-12-13-22)21-10-8-20(9-11-21)16-30(17-23-7-4-14-32-23)18-25-28-24(29-33-25)15-19-5-2-1-3-6-19/h1-11,14,22H,12-13,15-18H2,(H,27,31). The fourth-order valence-electron chi connectivity index (χ4n) is 3.70. The Balaban J connectivity index is 1.25. The first kappa shape index (κ1) is 21.2. The number of aromatic nitrogens is 2. The van der Waals surface area contributed by atoms with E-state index in [1.807, 2.05) is 66.7 Å². The summed E-state index contributed by atoms with van der Waals surface area (Å²) in [5.74, 6) is 2.08. The van der Waals surface area contributed by atoms with Crippen molar-refractivity contribution in [3.05, 3.63) is 107 Å². The van der Waals surface area contributed by atoms with Crippen LogP contribution in [0, 0.1) is 0 Å². The van der Waals surface area contributed by atoms with E-state index in [2.05, 4.69) is 20.4 Å². The fourth-order valence-corrected chi connectivity index (χ4v) is 3.70. The van der Waals surface area contributed by atoms with E-state index in [1.165, 1.54) is 0 Å². The normalized spacial score (nSPS) is 13.4. The lowest BCUT2D eigenvalue weighted by Crippen LogP contribution is -2.25. The molecule has 33 heavy (non-hydrogen) atoms. The van der Waals surface area contributed by atoms with Crippen LogP contribution in [0.4, 0.5) is 0 Å². The van der Waals surface area contributed by atoms with Crippen molar-refractivity contribution in [2.24, 2.45) is 0 Å². The molecule has 4 aromatic rings. The van der Waals surface area contributed by atoms with E-state index in [-0.39, 0.29) is 5.91 Å². The third-order valence-corrected chi connectivity index (χ3v) is 5.57. The number of nitrogens with zero attached hydrogens (tertiary/aromatic N) is 3. The molecular weight excluding hydrogens is 416 g/mol. The van der Waals surface area contributed by atoms with Crippen LogP contribution in [0.3, 0.4) is 0 Å². The number of carbonyl (C=O) groups is 1. The largest absolute Gasteiger partial charge is 0.468 e. The van der Waals surface area contributed by atoms with Gasteiger partial charge in [0, 0.05) is 24.6 Å². The number of rotatable bonds is 10. The van der Waals surface area contributed by atoms with Gasteiger partial charge in [-0.2, -0.15) is 4.98 Å². The summed E-state index contributed by atoms with van der Waals surface area (Å²) >= 11 is 0. The van der Waals surface area contributed by atoms with E-state index in [9.17, 15) is 4.79 Å². The van der Waals surface area contributed by atoms with Crippen LogP contribution in [-0.2, 0) is 26.1 Å². The predicted molar refractivity (Wildman–Crippen MR) is 122 cm³/mol. The van der Waals surface area contributed by atoms with Gasteiger partial charge in [0.25, 0.3) is 5.91 Å². The molecule has 7 nitrogen and oxygen atoms in total. The summed E-state index contributed by atoms with van der Waals surface area (Å²) in [5.41, 5.74) is 2.92. The Morgan fingerprint density at radius 3 is 2.48 bits per heavy atom. The van der Waals surface area contributed by atoms with E-state index in [0.717, 1.165) is 29.7 Å². The van der Waals surface area contributed by atoms with Crippen LogP contribution in [0.25, 0.3) is 0 Å². The Labute approximate surface area is 192 Å². The molecule has 0 spiro atoms. The van der Waals surface area contributed by atoms with Crippen molar-refractivity contribution < 1.29 is 13.7 Å². The van der Waals surface area contributed by atoms with Crippen LogP contribution in [0.15, 0.2) is 81.9 Å². The lowest BCUT2D eigenvalue weighted by Gasteiger charge is -2.19. The minimum atomic E-state index is -0.00621. The molecule has 1 amide bonds. The van der Waals surface area contributed by atoms with Crippen molar-refractivity contribution in [3.8, 4) is 0 Å². The summed E-state index contributed by atoms with van der Waals surface area (Å²) in [5, 5.41) is 7.17. The number of carbonyl (C=O) groups excluding carboxylic acids is 1. The molecule has 0 atom stereocenters. The number of hydrogen-bond donors (Lipinski definition) is 1. The molecule has 0 unspecified atom stereocenters. The van der Waals surface area contributed by atoms with Gasteiger partial charge in [-0.1, -0.05) is 47.6 Å². The SMILES string of the molecule is O=C(NC1CC1)c1ccc(CN(Cc2ccco2)Cc2nc(Cc3ccccc3)no2)cc1. The van der Waals surface area contributed by atoms with Crippen LogP contribution in [-0.4, -0.2) is 27.0 Å². The van der Waals surface area contributed by atoms with Crippen LogP contribution in [0.1, 0.15) is 51.8 Å². The molecule has 2 heterocycles. The van der Waals surface area contributed by atoms with Crippen molar-refractivity contribution in [3.63, 3.8) is 0 Å². The first-order chi connectivity index (χ1) is 16.2. The molecule has 1 aliphatic carbocycles. The van der Waals surface area contributed by atoms with Crippen molar-refractivity contribution in [1.82, 2.24) is 20.4 Å². The highest BCUT2D eigenvalue weighted by molar-refractivity contribution is 5.94. The summed E-state index contributed by atoms with van der Waals surface area (Å²) in [4.78, 5) is 19.0. The summed E-state index contributed by atoms with van der Waals surface area (Å²) < 4.78 is 11.1. The second kappa shape index (κ2) is 9.83. The molecule has 0 radical (unpaired) electrons. The summed E-state index contributed by atoms with van der Waals surface area (Å²) in [6.45, 7) is 1.75. The predicted octanol–water partition coefficient (Wildman–Crippen LogP) is 4.35. The van der Waals surface area contributed by atoms with Gasteiger partial charge in [0.1, 0.15) is 5.76 Å². The van der Waals surface area contributed by atoms with Gasteiger partial charge in [-0.05, 0) is 48.2 Å². The van der Waals surface area contributed by atoms with Crippen molar-refractivity contribution >= 4 is 5.91 Å². The highest BCUT2D eigenvalue weighted by Crippen LogP contribution is 2.20. The van der Waals surface area contributed by atoms with Crippen LogP contribution >= 0.6 is 0 Å². The van der Waals surface area contributed by atoms with Crippen molar-refractivity contribution in [2.45, 2.75) is 44.9 Å². The minimum absolute atomic E-state index is 0.00621. The fraction of sp³-hybridized carbons (Fsp3) is 0.269. The molecule has 0 saturated heterocycles. The number of furan rings is 1. The third-order valence-electron chi connectivity index (χ3n) is 5.57. The van der Waals surface area contributed by atoms with Gasteiger partial charge >= 0.3 is 0 Å². The number of nitrogens with one attached hydrogen (secondary N) is 1. The molecule has 1 aliphatic rings. The second-order valence-corrected chi connectivity index (χ2v) is 8.44. The zero-order chi connectivity index (χ0) is 22.5. The van der Waals surface area contributed by atoms with Gasteiger partial charge in [0.05, 0.1) is 19.4 Å². The van der Waals surface area contributed by atoms with Gasteiger partial charge in [-0.25, -0.2) is 0 Å². The average molecular weight is 443 g/mol. The van der Waals surface area contributed by atoms with Gasteiger partial charge in [-0.3, -0.25) is 9.69 Å². The Morgan fingerprint density at radius 1 is 0.939 bits per heavy atom. The van der Waals surface area contributed by atoms with E-state index in [0.29, 0.717) is 49.4 Å². The Kier molecular flexibility index (Phi) is 6.30. The molecule has 1 fully saturated rings. The maximum absolute atomic E-state index is 12.3. The van der Waals surface area contributed by atoms with Crippen LogP contribution in [0.5, 0.6) is 0 Å². The van der Waals surface area contributed by atoms with Crippen molar-refractivity contribution in [2.75, 3.05) is 0 Å². The Hall–Kier alpha value is -3.71. The lowest BCUT2D eigenvalue weighted by molar-refractivity contribution is 0.0951. The third kappa shape index (κ3) is 5.96. The number of hydrogen-bond acceptors (Lipinski definition) is 6. The number of benzene rings is 2. The molecule has 1 N–H and O–H groups in total. The van der Waals surface area contributed by atoms with Crippen molar-refractivity contribution in [1.29, 1.82) is 0 Å². The van der Waals surface area contributed by atoms with E-state index in [1.54, 1.807) is 6.26 Å². The summed E-state index contributed by atoms with van der Waals surface area (Å²) in [6, 6.07) is 22.0. The van der Waals surface area contributed by atoms with Gasteiger partial charge < -0.3 is 14.3 Å². The molecule has 2 aromatic carbocycles. The molecule has 168 valence electrons. The maximum atomic E-state index is 12.3. The smallest absolute Gasteiger partial charge is 0.251 e.